The second-order valence-electron chi connectivity index (χ2n) is 8.53. The van der Waals surface area contributed by atoms with Crippen molar-refractivity contribution in [3.63, 3.8) is 0 Å². The van der Waals surface area contributed by atoms with Crippen LogP contribution in [0.3, 0.4) is 0 Å². The molecule has 1 aliphatic rings. The Morgan fingerprint density at radius 2 is 1.73 bits per heavy atom. The van der Waals surface area contributed by atoms with Gasteiger partial charge in [0.25, 0.3) is 0 Å². The fourth-order valence-electron chi connectivity index (χ4n) is 4.46. The molecule has 0 aromatic heterocycles. The summed E-state index contributed by atoms with van der Waals surface area (Å²) in [5, 5.41) is 8.39. The highest BCUT2D eigenvalue weighted by atomic mass is 19.4. The maximum atomic E-state index is 13.6. The topological polar surface area (TPSA) is 27.1 Å². The molecule has 5 heteroatoms. The maximum Gasteiger partial charge on any atom is 0.416 e. The predicted molar refractivity (Wildman–Crippen MR) is 117 cm³/mol. The first-order chi connectivity index (χ1) is 14.1. The number of rotatable bonds is 5. The molecule has 1 saturated carbocycles. The first-order valence-corrected chi connectivity index (χ1v) is 10.7. The molecule has 162 valence electrons. The van der Waals surface area contributed by atoms with Crippen molar-refractivity contribution in [3.05, 3.63) is 69.3 Å². The fourth-order valence-corrected chi connectivity index (χ4v) is 4.46. The standard InChI is InChI=1S/C25H31F3N2/c1-5-30(4)24(29)21-13-16(2)20(12-17(21)3)14-18-10-11-23(25(26,27)28)22(15-18)19-8-6-7-9-19/h10-13,15,19,29H,5-9,14H2,1-4H3. The minimum absolute atomic E-state index is 0.0110. The van der Waals surface area contributed by atoms with Crippen LogP contribution in [0.1, 0.15) is 77.5 Å². The van der Waals surface area contributed by atoms with E-state index in [-0.39, 0.29) is 5.92 Å². The SMILES string of the molecule is CCN(C)C(=N)c1cc(C)c(Cc2ccc(C(F)(F)F)c(C3CCCC3)c2)cc1C. The molecule has 1 fully saturated rings. The van der Waals surface area contributed by atoms with Gasteiger partial charge in [-0.2, -0.15) is 13.2 Å². The molecule has 0 bridgehead atoms. The highest BCUT2D eigenvalue weighted by molar-refractivity contribution is 5.97. The Morgan fingerprint density at radius 3 is 2.33 bits per heavy atom. The Hall–Kier alpha value is -2.30. The van der Waals surface area contributed by atoms with Crippen LogP contribution in [0, 0.1) is 19.3 Å². The Balaban J connectivity index is 1.93. The van der Waals surface area contributed by atoms with Crippen LogP contribution in [-0.4, -0.2) is 24.3 Å². The van der Waals surface area contributed by atoms with Crippen LogP contribution in [0.25, 0.3) is 0 Å². The number of benzene rings is 2. The second-order valence-corrected chi connectivity index (χ2v) is 8.53. The minimum Gasteiger partial charge on any atom is -0.360 e. The Morgan fingerprint density at radius 1 is 1.07 bits per heavy atom. The number of amidine groups is 1. The van der Waals surface area contributed by atoms with E-state index in [9.17, 15) is 13.2 Å². The quantitative estimate of drug-likeness (QED) is 0.419. The Labute approximate surface area is 177 Å². The number of nitrogens with zero attached hydrogens (tertiary/aromatic N) is 1. The van der Waals surface area contributed by atoms with Crippen molar-refractivity contribution >= 4 is 5.84 Å². The van der Waals surface area contributed by atoms with Gasteiger partial charge < -0.3 is 4.90 Å². The fraction of sp³-hybridized carbons (Fsp3) is 0.480. The van der Waals surface area contributed by atoms with E-state index in [1.54, 1.807) is 12.1 Å². The molecule has 0 spiro atoms. The van der Waals surface area contributed by atoms with Crippen LogP contribution in [0.4, 0.5) is 13.2 Å². The van der Waals surface area contributed by atoms with E-state index in [1.807, 2.05) is 38.8 Å². The largest absolute Gasteiger partial charge is 0.416 e. The lowest BCUT2D eigenvalue weighted by atomic mass is 9.88. The molecule has 2 aromatic rings. The molecule has 0 saturated heterocycles. The highest BCUT2D eigenvalue weighted by Crippen LogP contribution is 2.42. The van der Waals surface area contributed by atoms with Crippen LogP contribution < -0.4 is 0 Å². The van der Waals surface area contributed by atoms with Crippen molar-refractivity contribution < 1.29 is 13.2 Å². The van der Waals surface area contributed by atoms with Crippen LogP contribution >= 0.6 is 0 Å². The van der Waals surface area contributed by atoms with Crippen molar-refractivity contribution in [2.24, 2.45) is 0 Å². The summed E-state index contributed by atoms with van der Waals surface area (Å²) in [5.41, 5.74) is 4.99. The average Bonchev–Trinajstić information content (AvgIpc) is 3.23. The van der Waals surface area contributed by atoms with Gasteiger partial charge in [-0.25, -0.2) is 0 Å². The number of halogens is 3. The molecular formula is C25H31F3N2. The van der Waals surface area contributed by atoms with Gasteiger partial charge >= 0.3 is 6.18 Å². The highest BCUT2D eigenvalue weighted by Gasteiger charge is 2.35. The zero-order valence-electron chi connectivity index (χ0n) is 18.3. The zero-order valence-corrected chi connectivity index (χ0v) is 18.3. The number of hydrogen-bond acceptors (Lipinski definition) is 1. The molecule has 0 amide bonds. The van der Waals surface area contributed by atoms with E-state index in [1.165, 1.54) is 6.07 Å². The maximum absolute atomic E-state index is 13.6. The third-order valence-corrected chi connectivity index (χ3v) is 6.41. The van der Waals surface area contributed by atoms with E-state index in [4.69, 9.17) is 5.41 Å². The molecule has 0 atom stereocenters. The van der Waals surface area contributed by atoms with E-state index < -0.39 is 11.7 Å². The van der Waals surface area contributed by atoms with E-state index in [0.717, 1.165) is 60.0 Å². The zero-order chi connectivity index (χ0) is 22.1. The monoisotopic (exact) mass is 416 g/mol. The molecule has 1 aliphatic carbocycles. The number of alkyl halides is 3. The number of hydrogen-bond donors (Lipinski definition) is 1. The summed E-state index contributed by atoms with van der Waals surface area (Å²) in [6.45, 7) is 6.78. The first-order valence-electron chi connectivity index (χ1n) is 10.7. The van der Waals surface area contributed by atoms with E-state index >= 15 is 0 Å². The third-order valence-electron chi connectivity index (χ3n) is 6.41. The van der Waals surface area contributed by atoms with Gasteiger partial charge in [0, 0.05) is 19.2 Å². The van der Waals surface area contributed by atoms with E-state index in [2.05, 4.69) is 6.07 Å². The van der Waals surface area contributed by atoms with Crippen molar-refractivity contribution in [1.29, 1.82) is 5.41 Å². The lowest BCUT2D eigenvalue weighted by Gasteiger charge is -2.21. The summed E-state index contributed by atoms with van der Waals surface area (Å²) in [4.78, 5) is 1.89. The summed E-state index contributed by atoms with van der Waals surface area (Å²) < 4.78 is 40.7. The van der Waals surface area contributed by atoms with Gasteiger partial charge in [0.05, 0.1) is 5.56 Å². The molecule has 2 aromatic carbocycles. The van der Waals surface area contributed by atoms with Gasteiger partial charge in [0.2, 0.25) is 0 Å². The summed E-state index contributed by atoms with van der Waals surface area (Å²) >= 11 is 0. The van der Waals surface area contributed by atoms with Crippen LogP contribution in [0.5, 0.6) is 0 Å². The summed E-state index contributed by atoms with van der Waals surface area (Å²) in [6, 6.07) is 8.79. The van der Waals surface area contributed by atoms with Crippen molar-refractivity contribution in [3.8, 4) is 0 Å². The molecule has 0 heterocycles. The average molecular weight is 417 g/mol. The molecule has 1 N–H and O–H groups in total. The van der Waals surface area contributed by atoms with Crippen molar-refractivity contribution in [1.82, 2.24) is 4.90 Å². The normalized spacial score (nSPS) is 14.9. The second kappa shape index (κ2) is 8.83. The molecule has 2 nitrogen and oxygen atoms in total. The number of aryl methyl sites for hydroxylation is 2. The minimum atomic E-state index is -4.31. The molecule has 0 aliphatic heterocycles. The van der Waals surface area contributed by atoms with Crippen LogP contribution in [0.15, 0.2) is 30.3 Å². The molecule has 30 heavy (non-hydrogen) atoms. The Kier molecular flexibility index (Phi) is 6.59. The molecule has 3 rings (SSSR count). The summed E-state index contributed by atoms with van der Waals surface area (Å²) in [7, 11) is 1.90. The van der Waals surface area contributed by atoms with Crippen molar-refractivity contribution in [2.75, 3.05) is 13.6 Å². The van der Waals surface area contributed by atoms with Crippen molar-refractivity contribution in [2.45, 2.75) is 65.0 Å². The van der Waals surface area contributed by atoms with Gasteiger partial charge in [-0.05, 0) is 85.9 Å². The Bertz CT molecular complexity index is 925. The van der Waals surface area contributed by atoms with Gasteiger partial charge in [0.1, 0.15) is 5.84 Å². The van der Waals surface area contributed by atoms with Gasteiger partial charge in [-0.15, -0.1) is 0 Å². The lowest BCUT2D eigenvalue weighted by molar-refractivity contribution is -0.138. The molecular weight excluding hydrogens is 385 g/mol. The van der Waals surface area contributed by atoms with Gasteiger partial charge in [0.15, 0.2) is 0 Å². The molecule has 0 radical (unpaired) electrons. The summed E-state index contributed by atoms with van der Waals surface area (Å²) in [6.07, 6.45) is -0.0227. The van der Waals surface area contributed by atoms with Crippen LogP contribution in [-0.2, 0) is 12.6 Å². The number of nitrogens with one attached hydrogen (secondary N) is 1. The van der Waals surface area contributed by atoms with E-state index in [0.29, 0.717) is 17.8 Å². The van der Waals surface area contributed by atoms with Gasteiger partial charge in [-0.3, -0.25) is 5.41 Å². The first kappa shape index (κ1) is 22.4. The van der Waals surface area contributed by atoms with Crippen LogP contribution in [0.2, 0.25) is 0 Å². The third kappa shape index (κ3) is 4.71. The molecule has 0 unspecified atom stereocenters. The smallest absolute Gasteiger partial charge is 0.360 e. The lowest BCUT2D eigenvalue weighted by Crippen LogP contribution is -2.27. The predicted octanol–water partition coefficient (Wildman–Crippen LogP) is 6.85. The summed E-state index contributed by atoms with van der Waals surface area (Å²) in [5.74, 6) is 0.500. The van der Waals surface area contributed by atoms with Gasteiger partial charge in [-0.1, -0.05) is 31.0 Å².